The van der Waals surface area contributed by atoms with Gasteiger partial charge in [-0.25, -0.2) is 0 Å². The highest BCUT2D eigenvalue weighted by molar-refractivity contribution is 9.11. The number of nitrogens with two attached hydrogens (primary N) is 1. The number of aryl methyl sites for hydroxylation is 1. The van der Waals surface area contributed by atoms with Crippen molar-refractivity contribution in [3.05, 3.63) is 68.1 Å². The van der Waals surface area contributed by atoms with E-state index in [1.807, 2.05) is 6.07 Å². The predicted octanol–water partition coefficient (Wildman–Crippen LogP) is 4.52. The van der Waals surface area contributed by atoms with E-state index in [1.54, 1.807) is 0 Å². The molecule has 0 bridgehead atoms. The van der Waals surface area contributed by atoms with E-state index in [1.165, 1.54) is 11.1 Å². The maximum atomic E-state index is 5.73. The lowest BCUT2D eigenvalue weighted by molar-refractivity contribution is 0.551. The van der Waals surface area contributed by atoms with E-state index in [2.05, 4.69) is 80.6 Å². The van der Waals surface area contributed by atoms with Crippen LogP contribution in [0.4, 0.5) is 0 Å². The Morgan fingerprint density at radius 3 is 2.05 bits per heavy atom. The molecule has 0 aromatic heterocycles. The van der Waals surface area contributed by atoms with Crippen LogP contribution in [0.25, 0.3) is 0 Å². The highest BCUT2D eigenvalue weighted by Gasteiger charge is 2.12. The van der Waals surface area contributed by atoms with Crippen LogP contribution in [-0.2, 0) is 12.8 Å². The lowest BCUT2D eigenvalue weighted by Gasteiger charge is -2.17. The van der Waals surface area contributed by atoms with Crippen molar-refractivity contribution >= 4 is 31.9 Å². The number of hydrazine groups is 1. The molecule has 0 aliphatic rings. The maximum Gasteiger partial charge on any atom is 0.0501 e. The van der Waals surface area contributed by atoms with Gasteiger partial charge in [0.05, 0.1) is 6.04 Å². The summed E-state index contributed by atoms with van der Waals surface area (Å²) >= 11 is 7.03. The second kappa shape index (κ2) is 7.36. The Labute approximate surface area is 137 Å². The molecule has 0 amide bonds. The topological polar surface area (TPSA) is 38.0 Å². The molecule has 1 unspecified atom stereocenters. The quantitative estimate of drug-likeness (QED) is 0.574. The van der Waals surface area contributed by atoms with Crippen LogP contribution < -0.4 is 11.3 Å². The number of halogens is 2. The van der Waals surface area contributed by atoms with Gasteiger partial charge in [-0.3, -0.25) is 11.3 Å². The number of rotatable bonds is 5. The monoisotopic (exact) mass is 396 g/mol. The molecular formula is C16H18Br2N2. The van der Waals surface area contributed by atoms with Crippen molar-refractivity contribution in [3.63, 3.8) is 0 Å². The van der Waals surface area contributed by atoms with Crippen molar-refractivity contribution in [2.24, 2.45) is 5.84 Å². The molecule has 0 saturated heterocycles. The maximum absolute atomic E-state index is 5.73. The van der Waals surface area contributed by atoms with Crippen LogP contribution in [0.3, 0.4) is 0 Å². The van der Waals surface area contributed by atoms with E-state index >= 15 is 0 Å². The van der Waals surface area contributed by atoms with Crippen LogP contribution >= 0.6 is 31.9 Å². The molecule has 4 heteroatoms. The Bertz CT molecular complexity index is 547. The Morgan fingerprint density at radius 1 is 1.00 bits per heavy atom. The van der Waals surface area contributed by atoms with Crippen LogP contribution in [-0.4, -0.2) is 0 Å². The first-order valence-electron chi connectivity index (χ1n) is 6.62. The SMILES string of the molecule is CCc1ccc(CC(NN)c2cc(Br)cc(Br)c2)cc1. The van der Waals surface area contributed by atoms with Crippen LogP contribution in [0.1, 0.15) is 29.7 Å². The highest BCUT2D eigenvalue weighted by Crippen LogP contribution is 2.26. The smallest absolute Gasteiger partial charge is 0.0501 e. The molecule has 0 fully saturated rings. The zero-order valence-electron chi connectivity index (χ0n) is 11.4. The van der Waals surface area contributed by atoms with Gasteiger partial charge >= 0.3 is 0 Å². The lowest BCUT2D eigenvalue weighted by Crippen LogP contribution is -2.29. The van der Waals surface area contributed by atoms with Gasteiger partial charge in [-0.05, 0) is 47.7 Å². The first kappa shape index (κ1) is 15.7. The second-order valence-electron chi connectivity index (χ2n) is 4.80. The zero-order chi connectivity index (χ0) is 14.5. The fourth-order valence-electron chi connectivity index (χ4n) is 2.20. The number of nitrogens with one attached hydrogen (secondary N) is 1. The van der Waals surface area contributed by atoms with Crippen molar-refractivity contribution in [1.29, 1.82) is 0 Å². The summed E-state index contributed by atoms with van der Waals surface area (Å²) in [7, 11) is 0. The Kier molecular flexibility index (Phi) is 5.78. The fraction of sp³-hybridized carbons (Fsp3) is 0.250. The summed E-state index contributed by atoms with van der Waals surface area (Å²) in [6.45, 7) is 2.16. The first-order valence-corrected chi connectivity index (χ1v) is 8.21. The first-order chi connectivity index (χ1) is 9.62. The molecule has 0 saturated carbocycles. The van der Waals surface area contributed by atoms with Crippen LogP contribution in [0.5, 0.6) is 0 Å². The predicted molar refractivity (Wildman–Crippen MR) is 91.4 cm³/mol. The number of hydrogen-bond donors (Lipinski definition) is 2. The molecule has 20 heavy (non-hydrogen) atoms. The summed E-state index contributed by atoms with van der Waals surface area (Å²) in [6.07, 6.45) is 1.93. The van der Waals surface area contributed by atoms with Gasteiger partial charge in [0.25, 0.3) is 0 Å². The van der Waals surface area contributed by atoms with Crippen LogP contribution in [0.2, 0.25) is 0 Å². The van der Waals surface area contributed by atoms with Crippen molar-refractivity contribution in [2.45, 2.75) is 25.8 Å². The van der Waals surface area contributed by atoms with Crippen molar-refractivity contribution < 1.29 is 0 Å². The summed E-state index contributed by atoms with van der Waals surface area (Å²) in [5.41, 5.74) is 6.71. The average molecular weight is 398 g/mol. The fourth-order valence-corrected chi connectivity index (χ4v) is 3.53. The second-order valence-corrected chi connectivity index (χ2v) is 6.63. The summed E-state index contributed by atoms with van der Waals surface area (Å²) in [5.74, 6) is 5.73. The van der Waals surface area contributed by atoms with Crippen LogP contribution in [0.15, 0.2) is 51.4 Å². The number of benzene rings is 2. The normalized spacial score (nSPS) is 12.4. The molecule has 0 spiro atoms. The van der Waals surface area contributed by atoms with Gasteiger partial charge in [0.2, 0.25) is 0 Å². The van der Waals surface area contributed by atoms with E-state index in [9.17, 15) is 0 Å². The van der Waals surface area contributed by atoms with Gasteiger partial charge in [-0.1, -0.05) is 63.0 Å². The van der Waals surface area contributed by atoms with Crippen molar-refractivity contribution in [2.75, 3.05) is 0 Å². The largest absolute Gasteiger partial charge is 0.271 e. The number of hydrogen-bond acceptors (Lipinski definition) is 2. The third-order valence-electron chi connectivity index (χ3n) is 3.36. The molecule has 106 valence electrons. The molecule has 0 aliphatic carbocycles. The third-order valence-corrected chi connectivity index (χ3v) is 4.28. The van der Waals surface area contributed by atoms with Gasteiger partial charge in [0, 0.05) is 8.95 Å². The minimum Gasteiger partial charge on any atom is -0.271 e. The Morgan fingerprint density at radius 2 is 1.55 bits per heavy atom. The standard InChI is InChI=1S/C16H18Br2N2/c1-2-11-3-5-12(6-4-11)7-16(20-19)13-8-14(17)10-15(18)9-13/h3-6,8-10,16,20H,2,7,19H2,1H3. The van der Waals surface area contributed by atoms with Gasteiger partial charge in [-0.2, -0.15) is 0 Å². The van der Waals surface area contributed by atoms with Gasteiger partial charge in [0.15, 0.2) is 0 Å². The molecule has 2 nitrogen and oxygen atoms in total. The Hall–Kier alpha value is -0.680. The highest BCUT2D eigenvalue weighted by atomic mass is 79.9. The van der Waals surface area contributed by atoms with Gasteiger partial charge < -0.3 is 0 Å². The molecule has 2 rings (SSSR count). The Balaban J connectivity index is 2.19. The molecule has 1 atom stereocenters. The summed E-state index contributed by atoms with van der Waals surface area (Å²) in [4.78, 5) is 0. The van der Waals surface area contributed by atoms with E-state index in [-0.39, 0.29) is 6.04 Å². The van der Waals surface area contributed by atoms with Crippen LogP contribution in [0, 0.1) is 0 Å². The average Bonchev–Trinajstić information content (AvgIpc) is 2.44. The van der Waals surface area contributed by atoms with Crippen molar-refractivity contribution in [1.82, 2.24) is 5.43 Å². The molecule has 2 aromatic rings. The van der Waals surface area contributed by atoms with E-state index < -0.39 is 0 Å². The minimum absolute atomic E-state index is 0.0938. The van der Waals surface area contributed by atoms with Gasteiger partial charge in [-0.15, -0.1) is 0 Å². The summed E-state index contributed by atoms with van der Waals surface area (Å²) in [6, 6.07) is 15.0. The molecule has 0 radical (unpaired) electrons. The van der Waals surface area contributed by atoms with E-state index in [0.717, 1.165) is 27.4 Å². The zero-order valence-corrected chi connectivity index (χ0v) is 14.5. The summed E-state index contributed by atoms with van der Waals surface area (Å²) in [5, 5.41) is 0. The van der Waals surface area contributed by atoms with E-state index in [4.69, 9.17) is 5.84 Å². The molecule has 2 aromatic carbocycles. The lowest BCUT2D eigenvalue weighted by atomic mass is 9.98. The molecule has 0 heterocycles. The molecule has 0 aliphatic heterocycles. The third kappa shape index (κ3) is 4.16. The summed E-state index contributed by atoms with van der Waals surface area (Å²) < 4.78 is 2.09. The van der Waals surface area contributed by atoms with E-state index in [0.29, 0.717) is 0 Å². The minimum atomic E-state index is 0.0938. The van der Waals surface area contributed by atoms with Crippen molar-refractivity contribution in [3.8, 4) is 0 Å². The van der Waals surface area contributed by atoms with Gasteiger partial charge in [0.1, 0.15) is 0 Å². The molecule has 3 N–H and O–H groups in total. The molecular weight excluding hydrogens is 380 g/mol.